The van der Waals surface area contributed by atoms with Crippen LogP contribution in [0.3, 0.4) is 0 Å². The number of nitrogen functional groups attached to an aromatic ring is 1. The number of aryl methyl sites for hydroxylation is 1. The van der Waals surface area contributed by atoms with Crippen LogP contribution >= 0.6 is 0 Å². The van der Waals surface area contributed by atoms with Gasteiger partial charge in [-0.15, -0.1) is 0 Å². The van der Waals surface area contributed by atoms with E-state index in [0.29, 0.717) is 11.5 Å². The minimum Gasteiger partial charge on any atom is -0.384 e. The number of nitrogens with zero attached hydrogens (tertiary/aromatic N) is 1. The number of pyridine rings is 1. The molecule has 6 heteroatoms. The fraction of sp³-hybridized carbons (Fsp3) is 0.0435. The van der Waals surface area contributed by atoms with E-state index >= 15 is 0 Å². The summed E-state index contributed by atoms with van der Waals surface area (Å²) in [5, 5.41) is 7.25. The van der Waals surface area contributed by atoms with Crippen molar-refractivity contribution in [1.29, 1.82) is 0 Å². The van der Waals surface area contributed by atoms with Gasteiger partial charge in [0.15, 0.2) is 0 Å². The molecule has 0 bridgehead atoms. The molecule has 0 aliphatic heterocycles. The lowest BCUT2D eigenvalue weighted by Crippen LogP contribution is -2.20. The van der Waals surface area contributed by atoms with Crippen molar-refractivity contribution in [3.05, 3.63) is 84.3 Å². The molecule has 0 fully saturated rings. The van der Waals surface area contributed by atoms with Crippen molar-refractivity contribution in [1.82, 2.24) is 4.98 Å². The molecule has 144 valence electrons. The minimum atomic E-state index is -0.508. The Labute approximate surface area is 167 Å². The summed E-state index contributed by atoms with van der Waals surface area (Å²) in [6.45, 7) is 1.83. The van der Waals surface area contributed by atoms with E-state index in [2.05, 4.69) is 15.6 Å². The zero-order valence-corrected chi connectivity index (χ0v) is 15.7. The van der Waals surface area contributed by atoms with E-state index in [0.717, 1.165) is 27.5 Å². The molecule has 3 aromatic carbocycles. The molecule has 4 rings (SSSR count). The number of nitrogens with two attached hydrogens (primary N) is 1. The zero-order chi connectivity index (χ0) is 20.4. The normalized spacial score (nSPS) is 10.7. The Balaban J connectivity index is 1.53. The van der Waals surface area contributed by atoms with Gasteiger partial charge >= 0.3 is 6.03 Å². The molecule has 0 radical (unpaired) electrons. The maximum Gasteiger partial charge on any atom is 0.323 e. The number of anilines is 3. The zero-order valence-electron chi connectivity index (χ0n) is 15.7. The Kier molecular flexibility index (Phi) is 4.83. The molecule has 1 aromatic heterocycles. The number of amides is 2. The number of benzene rings is 3. The molecule has 0 spiro atoms. The molecule has 0 unspecified atom stereocenters. The highest BCUT2D eigenvalue weighted by Gasteiger charge is 2.09. The summed E-state index contributed by atoms with van der Waals surface area (Å²) in [6, 6.07) is 19.3. The average Bonchev–Trinajstić information content (AvgIpc) is 2.71. The average molecular weight is 386 g/mol. The van der Waals surface area contributed by atoms with E-state index in [9.17, 15) is 9.18 Å². The third-order valence-electron chi connectivity index (χ3n) is 4.61. The summed E-state index contributed by atoms with van der Waals surface area (Å²) in [6.07, 6.45) is 1.75. The lowest BCUT2D eigenvalue weighted by atomic mass is 9.99. The molecule has 29 heavy (non-hydrogen) atoms. The fourth-order valence-electron chi connectivity index (χ4n) is 3.19. The van der Waals surface area contributed by atoms with Crippen LogP contribution in [0.2, 0.25) is 0 Å². The number of hydrogen-bond donors (Lipinski definition) is 3. The van der Waals surface area contributed by atoms with Gasteiger partial charge in [-0.2, -0.15) is 0 Å². The van der Waals surface area contributed by atoms with Crippen molar-refractivity contribution < 1.29 is 9.18 Å². The van der Waals surface area contributed by atoms with Crippen LogP contribution in [-0.2, 0) is 0 Å². The highest BCUT2D eigenvalue weighted by molar-refractivity contribution is 6.01. The maximum atomic E-state index is 13.8. The number of halogens is 1. The third-order valence-corrected chi connectivity index (χ3v) is 4.61. The molecule has 4 aromatic rings. The number of fused-ring (bicyclic) bond motifs is 1. The molecule has 0 atom stereocenters. The maximum absolute atomic E-state index is 13.8. The Morgan fingerprint density at radius 3 is 2.59 bits per heavy atom. The summed E-state index contributed by atoms with van der Waals surface area (Å²) in [7, 11) is 0. The summed E-state index contributed by atoms with van der Waals surface area (Å²) >= 11 is 0. The molecule has 1 heterocycles. The molecule has 4 N–H and O–H groups in total. The van der Waals surface area contributed by atoms with Crippen LogP contribution in [0.1, 0.15) is 5.56 Å². The number of nitrogens with one attached hydrogen (secondary N) is 2. The van der Waals surface area contributed by atoms with Crippen LogP contribution in [0.5, 0.6) is 0 Å². The minimum absolute atomic E-state index is 0.140. The SMILES string of the molecule is Cc1ccc(F)c(NC(=O)Nc2ccc(-c3cccc4cnc(N)cc34)cc2)c1. The number of carbonyl (C=O) groups excluding carboxylic acids is 1. The van der Waals surface area contributed by atoms with E-state index in [1.54, 1.807) is 30.5 Å². The second kappa shape index (κ2) is 7.59. The van der Waals surface area contributed by atoms with Gasteiger partial charge in [0, 0.05) is 17.3 Å². The van der Waals surface area contributed by atoms with E-state index < -0.39 is 11.8 Å². The highest BCUT2D eigenvalue weighted by atomic mass is 19.1. The van der Waals surface area contributed by atoms with Crippen molar-refractivity contribution in [2.24, 2.45) is 0 Å². The van der Waals surface area contributed by atoms with Crippen molar-refractivity contribution in [3.8, 4) is 11.1 Å². The van der Waals surface area contributed by atoms with Crippen LogP contribution in [0.25, 0.3) is 21.9 Å². The molecule has 0 saturated carbocycles. The molecule has 0 aliphatic rings. The van der Waals surface area contributed by atoms with Gasteiger partial charge in [-0.1, -0.05) is 36.4 Å². The van der Waals surface area contributed by atoms with Gasteiger partial charge in [0.05, 0.1) is 5.69 Å². The monoisotopic (exact) mass is 386 g/mol. The van der Waals surface area contributed by atoms with E-state index in [1.807, 2.05) is 43.3 Å². The van der Waals surface area contributed by atoms with Crippen LogP contribution in [0, 0.1) is 12.7 Å². The molecule has 0 saturated heterocycles. The Morgan fingerprint density at radius 1 is 1.00 bits per heavy atom. The van der Waals surface area contributed by atoms with Crippen molar-refractivity contribution >= 4 is 34.0 Å². The second-order valence-corrected chi connectivity index (χ2v) is 6.78. The van der Waals surface area contributed by atoms with Crippen LogP contribution in [0.4, 0.5) is 26.4 Å². The second-order valence-electron chi connectivity index (χ2n) is 6.78. The van der Waals surface area contributed by atoms with Crippen molar-refractivity contribution in [2.45, 2.75) is 6.92 Å². The summed E-state index contributed by atoms with van der Waals surface area (Å²) in [5.41, 5.74) is 9.44. The first kappa shape index (κ1) is 18.4. The van der Waals surface area contributed by atoms with Gasteiger partial charge in [-0.3, -0.25) is 0 Å². The van der Waals surface area contributed by atoms with Gasteiger partial charge < -0.3 is 16.4 Å². The smallest absolute Gasteiger partial charge is 0.323 e. The Morgan fingerprint density at radius 2 is 1.79 bits per heavy atom. The standard InChI is InChI=1S/C23H19FN4O/c1-14-5-10-20(24)21(11-14)28-23(29)27-17-8-6-15(7-9-17)18-4-2-3-16-13-26-22(25)12-19(16)18/h2-13H,1H3,(H2,25,26)(H2,27,28,29). The quantitative estimate of drug-likeness (QED) is 0.430. The summed E-state index contributed by atoms with van der Waals surface area (Å²) < 4.78 is 13.8. The van der Waals surface area contributed by atoms with Crippen LogP contribution < -0.4 is 16.4 Å². The third kappa shape index (κ3) is 4.01. The molecular weight excluding hydrogens is 367 g/mol. The largest absolute Gasteiger partial charge is 0.384 e. The van der Waals surface area contributed by atoms with Crippen LogP contribution in [-0.4, -0.2) is 11.0 Å². The number of urea groups is 1. The predicted molar refractivity (Wildman–Crippen MR) is 115 cm³/mol. The summed E-state index contributed by atoms with van der Waals surface area (Å²) in [5.74, 6) is -0.0193. The number of hydrogen-bond acceptors (Lipinski definition) is 3. The van der Waals surface area contributed by atoms with E-state index in [-0.39, 0.29) is 5.69 Å². The lowest BCUT2D eigenvalue weighted by molar-refractivity contribution is 0.262. The summed E-state index contributed by atoms with van der Waals surface area (Å²) in [4.78, 5) is 16.3. The predicted octanol–water partition coefficient (Wildman–Crippen LogP) is 5.58. The molecule has 2 amide bonds. The fourth-order valence-corrected chi connectivity index (χ4v) is 3.19. The topological polar surface area (TPSA) is 80.0 Å². The van der Waals surface area contributed by atoms with Gasteiger partial charge in [-0.05, 0) is 59.3 Å². The van der Waals surface area contributed by atoms with Gasteiger partial charge in [-0.25, -0.2) is 14.2 Å². The molecular formula is C23H19FN4O. The first-order valence-electron chi connectivity index (χ1n) is 9.08. The first-order chi connectivity index (χ1) is 14.0. The molecule has 5 nitrogen and oxygen atoms in total. The first-order valence-corrected chi connectivity index (χ1v) is 9.08. The number of aromatic nitrogens is 1. The van der Waals surface area contributed by atoms with Gasteiger partial charge in [0.1, 0.15) is 11.6 Å². The van der Waals surface area contributed by atoms with E-state index in [4.69, 9.17) is 5.73 Å². The molecule has 0 aliphatic carbocycles. The number of carbonyl (C=O) groups is 1. The highest BCUT2D eigenvalue weighted by Crippen LogP contribution is 2.30. The Bertz CT molecular complexity index is 1210. The van der Waals surface area contributed by atoms with Crippen molar-refractivity contribution in [3.63, 3.8) is 0 Å². The number of rotatable bonds is 3. The van der Waals surface area contributed by atoms with Gasteiger partial charge in [0.2, 0.25) is 0 Å². The Hall–Kier alpha value is -3.93. The lowest BCUT2D eigenvalue weighted by Gasteiger charge is -2.11. The van der Waals surface area contributed by atoms with Gasteiger partial charge in [0.25, 0.3) is 0 Å². The van der Waals surface area contributed by atoms with Crippen LogP contribution in [0.15, 0.2) is 72.9 Å². The van der Waals surface area contributed by atoms with E-state index in [1.165, 1.54) is 6.07 Å². The van der Waals surface area contributed by atoms with Crippen molar-refractivity contribution in [2.75, 3.05) is 16.4 Å².